The van der Waals surface area contributed by atoms with Gasteiger partial charge in [0.25, 0.3) is 0 Å². The van der Waals surface area contributed by atoms with Gasteiger partial charge in [-0.1, -0.05) is 37.6 Å². The Morgan fingerprint density at radius 2 is 1.96 bits per heavy atom. The number of Topliss-reactive ketones (excluding diaryl/α,β-unsaturated/α-hetero) is 1. The first kappa shape index (κ1) is 19.3. The zero-order valence-corrected chi connectivity index (χ0v) is 18.0. The van der Waals surface area contributed by atoms with Gasteiger partial charge in [-0.25, -0.2) is 4.98 Å². The van der Waals surface area contributed by atoms with E-state index in [0.29, 0.717) is 23.7 Å². The highest BCUT2D eigenvalue weighted by Gasteiger charge is 2.44. The smallest absolute Gasteiger partial charge is 0.233 e. The Morgan fingerprint density at radius 1 is 1.18 bits per heavy atom. The Morgan fingerprint density at radius 3 is 2.64 bits per heavy atom. The molecule has 144 valence electrons. The number of allylic oxidation sites excluding steroid dienone is 2. The summed E-state index contributed by atoms with van der Waals surface area (Å²) in [4.78, 5) is 32.5. The number of hydrogen-bond donors (Lipinski definition) is 0. The predicted octanol–water partition coefficient (Wildman–Crippen LogP) is 5.66. The third-order valence-corrected chi connectivity index (χ3v) is 6.04. The van der Waals surface area contributed by atoms with Crippen molar-refractivity contribution in [3.63, 3.8) is 0 Å². The van der Waals surface area contributed by atoms with Gasteiger partial charge in [0.05, 0.1) is 0 Å². The number of aromatic nitrogens is 1. The molecule has 0 bridgehead atoms. The largest absolute Gasteiger partial charge is 0.294 e. The Balaban J connectivity index is 1.89. The highest BCUT2D eigenvalue weighted by atomic mass is 79.9. The maximum absolute atomic E-state index is 13.2. The van der Waals surface area contributed by atoms with Crippen molar-refractivity contribution < 1.29 is 9.59 Å². The summed E-state index contributed by atoms with van der Waals surface area (Å²) in [5.74, 6) is 0.335. The molecule has 1 aliphatic heterocycles. The molecule has 0 spiro atoms. The van der Waals surface area contributed by atoms with Gasteiger partial charge in [0.1, 0.15) is 5.82 Å². The van der Waals surface area contributed by atoms with E-state index >= 15 is 0 Å². The van der Waals surface area contributed by atoms with Gasteiger partial charge >= 0.3 is 0 Å². The Kier molecular flexibility index (Phi) is 4.92. The number of anilines is 1. The summed E-state index contributed by atoms with van der Waals surface area (Å²) >= 11 is 9.57. The van der Waals surface area contributed by atoms with E-state index in [0.717, 1.165) is 21.3 Å². The molecule has 4 nitrogen and oxygen atoms in total. The minimum atomic E-state index is -0.267. The molecular formula is C22H20BrClN2O2. The molecule has 0 N–H and O–H groups in total. The fourth-order valence-electron chi connectivity index (χ4n) is 4.19. The molecule has 28 heavy (non-hydrogen) atoms. The van der Waals surface area contributed by atoms with Gasteiger partial charge in [-0.2, -0.15) is 0 Å². The predicted molar refractivity (Wildman–Crippen MR) is 113 cm³/mol. The Hall–Kier alpha value is -1.98. The molecule has 1 unspecified atom stereocenters. The summed E-state index contributed by atoms with van der Waals surface area (Å²) in [5, 5.41) is 0.604. The Bertz CT molecular complexity index is 998. The van der Waals surface area contributed by atoms with Crippen LogP contribution in [-0.4, -0.2) is 16.7 Å². The number of pyridine rings is 1. The molecule has 1 aromatic heterocycles. The number of carbonyl (C=O) groups excluding carboxylic acids is 2. The van der Waals surface area contributed by atoms with Gasteiger partial charge in [0.15, 0.2) is 5.78 Å². The quantitative estimate of drug-likeness (QED) is 0.582. The second-order valence-electron chi connectivity index (χ2n) is 8.18. The van der Waals surface area contributed by atoms with Gasteiger partial charge in [-0.15, -0.1) is 0 Å². The molecule has 2 heterocycles. The van der Waals surface area contributed by atoms with E-state index in [-0.39, 0.29) is 29.4 Å². The highest BCUT2D eigenvalue weighted by Crippen LogP contribution is 2.48. The normalized spacial score (nSPS) is 21.7. The van der Waals surface area contributed by atoms with Crippen LogP contribution in [-0.2, 0) is 9.59 Å². The summed E-state index contributed by atoms with van der Waals surface area (Å²) < 4.78 is 0.840. The van der Waals surface area contributed by atoms with Crippen molar-refractivity contribution in [2.24, 2.45) is 5.41 Å². The zero-order chi connectivity index (χ0) is 20.1. The summed E-state index contributed by atoms with van der Waals surface area (Å²) in [6.07, 6.45) is 3.01. The lowest BCUT2D eigenvalue weighted by molar-refractivity contribution is -0.121. The van der Waals surface area contributed by atoms with Crippen LogP contribution in [0.25, 0.3) is 0 Å². The topological polar surface area (TPSA) is 50.3 Å². The standard InChI is InChI=1S/C22H20BrClN2O2/c1-22(2)10-17-21(18(27)11-22)16(13-4-3-5-15(24)8-13)9-20(28)26(17)19-7-6-14(23)12-25-19/h3-8,12,16H,9-11H2,1-2H3. The van der Waals surface area contributed by atoms with Crippen molar-refractivity contribution in [2.75, 3.05) is 4.90 Å². The number of carbonyl (C=O) groups is 2. The molecule has 1 amide bonds. The van der Waals surface area contributed by atoms with Crippen LogP contribution in [0.5, 0.6) is 0 Å². The fourth-order valence-corrected chi connectivity index (χ4v) is 4.62. The van der Waals surface area contributed by atoms with Crippen LogP contribution in [0.2, 0.25) is 5.02 Å². The summed E-state index contributed by atoms with van der Waals surface area (Å²) in [6, 6.07) is 11.1. The van der Waals surface area contributed by atoms with E-state index in [4.69, 9.17) is 11.6 Å². The van der Waals surface area contributed by atoms with E-state index in [9.17, 15) is 9.59 Å². The lowest BCUT2D eigenvalue weighted by atomic mass is 9.69. The van der Waals surface area contributed by atoms with Gasteiger partial charge in [-0.05, 0) is 57.6 Å². The van der Waals surface area contributed by atoms with Crippen LogP contribution in [0.3, 0.4) is 0 Å². The molecule has 1 aliphatic carbocycles. The molecule has 0 radical (unpaired) electrons. The molecule has 0 saturated carbocycles. The van der Waals surface area contributed by atoms with E-state index < -0.39 is 0 Å². The van der Waals surface area contributed by atoms with Crippen molar-refractivity contribution in [3.8, 4) is 0 Å². The van der Waals surface area contributed by atoms with E-state index in [1.54, 1.807) is 23.2 Å². The Labute approximate surface area is 177 Å². The minimum Gasteiger partial charge on any atom is -0.294 e. The zero-order valence-electron chi connectivity index (χ0n) is 15.7. The fraction of sp³-hybridized carbons (Fsp3) is 0.318. The van der Waals surface area contributed by atoms with Gasteiger partial charge in [0.2, 0.25) is 5.91 Å². The van der Waals surface area contributed by atoms with Crippen LogP contribution in [0.4, 0.5) is 5.82 Å². The average molecular weight is 460 g/mol. The molecule has 6 heteroatoms. The number of benzene rings is 1. The third-order valence-electron chi connectivity index (χ3n) is 5.33. The molecule has 0 fully saturated rings. The SMILES string of the molecule is CC1(C)CC(=O)C2=C(C1)N(c1ccc(Br)cn1)C(=O)CC2c1cccc(Cl)c1. The van der Waals surface area contributed by atoms with Crippen LogP contribution >= 0.6 is 27.5 Å². The van der Waals surface area contributed by atoms with Crippen LogP contribution < -0.4 is 4.90 Å². The molecule has 1 aromatic carbocycles. The molecule has 2 aromatic rings. The molecular weight excluding hydrogens is 440 g/mol. The molecule has 2 aliphatic rings. The number of hydrogen-bond acceptors (Lipinski definition) is 3. The number of amides is 1. The number of rotatable bonds is 2. The number of nitrogens with zero attached hydrogens (tertiary/aromatic N) is 2. The first-order valence-corrected chi connectivity index (χ1v) is 10.4. The maximum atomic E-state index is 13.2. The van der Waals surface area contributed by atoms with Crippen molar-refractivity contribution in [2.45, 2.75) is 39.0 Å². The second kappa shape index (κ2) is 7.12. The molecule has 4 rings (SSSR count). The lowest BCUT2D eigenvalue weighted by Gasteiger charge is -2.42. The second-order valence-corrected chi connectivity index (χ2v) is 9.53. The summed E-state index contributed by atoms with van der Waals surface area (Å²) in [5.41, 5.74) is 2.20. The van der Waals surface area contributed by atoms with Gasteiger partial charge < -0.3 is 0 Å². The number of ketones is 1. The van der Waals surface area contributed by atoms with Gasteiger partial charge in [0, 0.05) is 45.7 Å². The monoisotopic (exact) mass is 458 g/mol. The minimum absolute atomic E-state index is 0.0518. The van der Waals surface area contributed by atoms with Crippen molar-refractivity contribution in [3.05, 3.63) is 68.9 Å². The molecule has 1 atom stereocenters. The third kappa shape index (κ3) is 3.53. The number of halogens is 2. The lowest BCUT2D eigenvalue weighted by Crippen LogP contribution is -2.44. The van der Waals surface area contributed by atoms with E-state index in [2.05, 4.69) is 34.8 Å². The van der Waals surface area contributed by atoms with Crippen LogP contribution in [0.15, 0.2) is 58.3 Å². The van der Waals surface area contributed by atoms with Crippen LogP contribution in [0, 0.1) is 5.41 Å². The van der Waals surface area contributed by atoms with E-state index in [1.165, 1.54) is 0 Å². The van der Waals surface area contributed by atoms with Gasteiger partial charge in [-0.3, -0.25) is 14.5 Å². The van der Waals surface area contributed by atoms with Crippen molar-refractivity contribution in [1.82, 2.24) is 4.98 Å². The average Bonchev–Trinajstić information content (AvgIpc) is 2.61. The van der Waals surface area contributed by atoms with E-state index in [1.807, 2.05) is 24.3 Å². The first-order valence-electron chi connectivity index (χ1n) is 9.21. The summed E-state index contributed by atoms with van der Waals surface area (Å²) in [7, 11) is 0. The first-order chi connectivity index (χ1) is 13.2. The van der Waals surface area contributed by atoms with Crippen LogP contribution in [0.1, 0.15) is 44.6 Å². The summed E-state index contributed by atoms with van der Waals surface area (Å²) in [6.45, 7) is 4.13. The van der Waals surface area contributed by atoms with Crippen molar-refractivity contribution >= 4 is 45.0 Å². The highest BCUT2D eigenvalue weighted by molar-refractivity contribution is 9.10. The maximum Gasteiger partial charge on any atom is 0.233 e. The molecule has 0 saturated heterocycles. The van der Waals surface area contributed by atoms with Crippen molar-refractivity contribution in [1.29, 1.82) is 0 Å².